The molecular formula is C12H16ClNO2. The van der Waals surface area contributed by atoms with Gasteiger partial charge in [0.05, 0.1) is 12.3 Å². The van der Waals surface area contributed by atoms with Gasteiger partial charge in [-0.15, -0.1) is 11.6 Å². The van der Waals surface area contributed by atoms with Gasteiger partial charge in [0.1, 0.15) is 5.75 Å². The first-order valence-corrected chi connectivity index (χ1v) is 5.80. The van der Waals surface area contributed by atoms with Crippen LogP contribution >= 0.6 is 11.6 Å². The molecule has 3 nitrogen and oxygen atoms in total. The van der Waals surface area contributed by atoms with E-state index in [4.69, 9.17) is 16.3 Å². The summed E-state index contributed by atoms with van der Waals surface area (Å²) in [6.45, 7) is 3.95. The largest absolute Gasteiger partial charge is 0.492 e. The van der Waals surface area contributed by atoms with E-state index in [9.17, 15) is 4.79 Å². The van der Waals surface area contributed by atoms with E-state index in [1.807, 2.05) is 25.1 Å². The summed E-state index contributed by atoms with van der Waals surface area (Å²) in [6, 6.07) is 5.71. The molecule has 0 aromatic heterocycles. The van der Waals surface area contributed by atoms with Gasteiger partial charge >= 0.3 is 0 Å². The highest BCUT2D eigenvalue weighted by Gasteiger charge is 2.06. The van der Waals surface area contributed by atoms with Crippen LogP contribution in [-0.4, -0.2) is 18.4 Å². The number of aryl methyl sites for hydroxylation is 1. The van der Waals surface area contributed by atoms with Crippen molar-refractivity contribution in [2.24, 2.45) is 0 Å². The Hall–Kier alpha value is -1.22. The average molecular weight is 242 g/mol. The number of halogens is 1. The molecule has 0 aliphatic rings. The van der Waals surface area contributed by atoms with Crippen molar-refractivity contribution in [3.63, 3.8) is 0 Å². The van der Waals surface area contributed by atoms with Crippen molar-refractivity contribution in [2.75, 3.05) is 17.8 Å². The quantitative estimate of drug-likeness (QED) is 0.805. The summed E-state index contributed by atoms with van der Waals surface area (Å²) in [5, 5.41) is 2.75. The van der Waals surface area contributed by atoms with E-state index in [0.29, 0.717) is 23.9 Å². The SMILES string of the molecule is CCOc1ccc(CCCl)cc1NC(C)=O. The second kappa shape index (κ2) is 6.38. The first-order valence-electron chi connectivity index (χ1n) is 5.26. The van der Waals surface area contributed by atoms with Crippen LogP contribution in [0.25, 0.3) is 0 Å². The van der Waals surface area contributed by atoms with Gasteiger partial charge in [0.2, 0.25) is 5.91 Å². The lowest BCUT2D eigenvalue weighted by Crippen LogP contribution is -2.08. The standard InChI is InChI=1S/C12H16ClNO2/c1-3-16-12-5-4-10(6-7-13)8-11(12)14-9(2)15/h4-5,8H,3,6-7H2,1-2H3,(H,14,15). The first kappa shape index (κ1) is 12.8. The summed E-state index contributed by atoms with van der Waals surface area (Å²) >= 11 is 5.68. The number of benzene rings is 1. The number of alkyl halides is 1. The van der Waals surface area contributed by atoms with Gasteiger partial charge in [0, 0.05) is 12.8 Å². The maximum Gasteiger partial charge on any atom is 0.221 e. The minimum atomic E-state index is -0.107. The minimum absolute atomic E-state index is 0.107. The molecule has 0 radical (unpaired) electrons. The molecule has 1 N–H and O–H groups in total. The minimum Gasteiger partial charge on any atom is -0.492 e. The molecule has 16 heavy (non-hydrogen) atoms. The summed E-state index contributed by atoms with van der Waals surface area (Å²) in [5.74, 6) is 1.15. The van der Waals surface area contributed by atoms with Crippen molar-refractivity contribution in [3.05, 3.63) is 23.8 Å². The van der Waals surface area contributed by atoms with Crippen LogP contribution in [0.15, 0.2) is 18.2 Å². The molecule has 0 heterocycles. The van der Waals surface area contributed by atoms with Crippen molar-refractivity contribution >= 4 is 23.2 Å². The summed E-state index contributed by atoms with van der Waals surface area (Å²) in [5.41, 5.74) is 1.79. The van der Waals surface area contributed by atoms with Crippen molar-refractivity contribution in [2.45, 2.75) is 20.3 Å². The highest BCUT2D eigenvalue weighted by atomic mass is 35.5. The van der Waals surface area contributed by atoms with E-state index in [0.717, 1.165) is 12.0 Å². The van der Waals surface area contributed by atoms with Crippen LogP contribution < -0.4 is 10.1 Å². The highest BCUT2D eigenvalue weighted by molar-refractivity contribution is 6.18. The molecule has 1 aromatic carbocycles. The van der Waals surface area contributed by atoms with Crippen LogP contribution in [0.5, 0.6) is 5.75 Å². The van der Waals surface area contributed by atoms with Crippen molar-refractivity contribution < 1.29 is 9.53 Å². The molecule has 1 rings (SSSR count). The van der Waals surface area contributed by atoms with Gasteiger partial charge in [0.15, 0.2) is 0 Å². The van der Waals surface area contributed by atoms with Crippen LogP contribution in [-0.2, 0) is 11.2 Å². The molecule has 1 amide bonds. The molecule has 88 valence electrons. The van der Waals surface area contributed by atoms with Crippen LogP contribution in [0.3, 0.4) is 0 Å². The molecule has 0 bridgehead atoms. The lowest BCUT2D eigenvalue weighted by Gasteiger charge is -2.11. The Labute approximate surface area is 101 Å². The van der Waals surface area contributed by atoms with Crippen molar-refractivity contribution in [1.29, 1.82) is 0 Å². The second-order valence-corrected chi connectivity index (χ2v) is 3.76. The van der Waals surface area contributed by atoms with Gasteiger partial charge < -0.3 is 10.1 Å². The smallest absolute Gasteiger partial charge is 0.221 e. The molecule has 1 aromatic rings. The number of amides is 1. The third kappa shape index (κ3) is 3.74. The van der Waals surface area contributed by atoms with Crippen molar-refractivity contribution in [3.8, 4) is 5.75 Å². The Kier molecular flexibility index (Phi) is 5.12. The average Bonchev–Trinajstić information content (AvgIpc) is 2.22. The van der Waals surface area contributed by atoms with Gasteiger partial charge in [-0.1, -0.05) is 6.07 Å². The summed E-state index contributed by atoms with van der Waals surface area (Å²) in [6.07, 6.45) is 0.778. The highest BCUT2D eigenvalue weighted by Crippen LogP contribution is 2.26. The third-order valence-electron chi connectivity index (χ3n) is 2.04. The lowest BCUT2D eigenvalue weighted by molar-refractivity contribution is -0.114. The molecule has 0 saturated heterocycles. The van der Waals surface area contributed by atoms with E-state index < -0.39 is 0 Å². The van der Waals surface area contributed by atoms with E-state index in [1.54, 1.807) is 0 Å². The fourth-order valence-corrected chi connectivity index (χ4v) is 1.63. The van der Waals surface area contributed by atoms with Gasteiger partial charge in [-0.2, -0.15) is 0 Å². The normalized spacial score (nSPS) is 9.94. The van der Waals surface area contributed by atoms with E-state index in [1.165, 1.54) is 6.92 Å². The summed E-state index contributed by atoms with van der Waals surface area (Å²) in [7, 11) is 0. The van der Waals surface area contributed by atoms with Crippen molar-refractivity contribution in [1.82, 2.24) is 0 Å². The Morgan fingerprint density at radius 3 is 2.81 bits per heavy atom. The lowest BCUT2D eigenvalue weighted by atomic mass is 10.1. The van der Waals surface area contributed by atoms with Crippen LogP contribution in [0.1, 0.15) is 19.4 Å². The predicted molar refractivity (Wildman–Crippen MR) is 66.3 cm³/mol. The molecule has 0 saturated carbocycles. The zero-order valence-electron chi connectivity index (χ0n) is 9.55. The van der Waals surface area contributed by atoms with Gasteiger partial charge in [-0.3, -0.25) is 4.79 Å². The fraction of sp³-hybridized carbons (Fsp3) is 0.417. The fourth-order valence-electron chi connectivity index (χ4n) is 1.41. The molecule has 0 aliphatic heterocycles. The monoisotopic (exact) mass is 241 g/mol. The molecule has 0 aliphatic carbocycles. The zero-order valence-corrected chi connectivity index (χ0v) is 10.3. The molecule has 0 spiro atoms. The number of nitrogens with one attached hydrogen (secondary N) is 1. The number of hydrogen-bond acceptors (Lipinski definition) is 2. The number of hydrogen-bond donors (Lipinski definition) is 1. The Bertz CT molecular complexity index is 366. The van der Waals surface area contributed by atoms with Gasteiger partial charge in [-0.25, -0.2) is 0 Å². The third-order valence-corrected chi connectivity index (χ3v) is 2.23. The number of ether oxygens (including phenoxy) is 1. The maximum atomic E-state index is 11.0. The maximum absolute atomic E-state index is 11.0. The van der Waals surface area contributed by atoms with E-state index >= 15 is 0 Å². The van der Waals surface area contributed by atoms with E-state index in [-0.39, 0.29) is 5.91 Å². The van der Waals surface area contributed by atoms with Crippen LogP contribution in [0, 0.1) is 0 Å². The Balaban J connectivity index is 2.95. The second-order valence-electron chi connectivity index (χ2n) is 3.38. The Morgan fingerprint density at radius 1 is 1.50 bits per heavy atom. The number of anilines is 1. The number of carbonyl (C=O) groups excluding carboxylic acids is 1. The van der Waals surface area contributed by atoms with E-state index in [2.05, 4.69) is 5.32 Å². The Morgan fingerprint density at radius 2 is 2.25 bits per heavy atom. The predicted octanol–water partition coefficient (Wildman–Crippen LogP) is 2.83. The van der Waals surface area contributed by atoms with Gasteiger partial charge in [0.25, 0.3) is 0 Å². The zero-order chi connectivity index (χ0) is 12.0. The molecule has 4 heteroatoms. The van der Waals surface area contributed by atoms with Crippen LogP contribution in [0.4, 0.5) is 5.69 Å². The molecule has 0 atom stereocenters. The first-order chi connectivity index (χ1) is 7.67. The molecule has 0 fully saturated rings. The molecular weight excluding hydrogens is 226 g/mol. The summed E-state index contributed by atoms with van der Waals surface area (Å²) in [4.78, 5) is 11.0. The topological polar surface area (TPSA) is 38.3 Å². The van der Waals surface area contributed by atoms with Crippen LogP contribution in [0.2, 0.25) is 0 Å². The van der Waals surface area contributed by atoms with Gasteiger partial charge in [-0.05, 0) is 31.0 Å². The summed E-state index contributed by atoms with van der Waals surface area (Å²) < 4.78 is 5.42. The number of rotatable bonds is 5. The number of carbonyl (C=O) groups is 1. The molecule has 0 unspecified atom stereocenters.